The minimum absolute atomic E-state index is 0.0455. The van der Waals surface area contributed by atoms with Crippen LogP contribution in [0.15, 0.2) is 36.4 Å². The van der Waals surface area contributed by atoms with Crippen molar-refractivity contribution < 1.29 is 18.7 Å². The summed E-state index contributed by atoms with van der Waals surface area (Å²) in [6.45, 7) is 3.62. The van der Waals surface area contributed by atoms with E-state index in [0.717, 1.165) is 30.5 Å². The molecule has 1 heterocycles. The van der Waals surface area contributed by atoms with Gasteiger partial charge in [0.1, 0.15) is 5.82 Å². The molecule has 2 aromatic carbocycles. The molecule has 6 nitrogen and oxygen atoms in total. The van der Waals surface area contributed by atoms with Crippen LogP contribution in [0.25, 0.3) is 0 Å². The average molecular weight is 401 g/mol. The first-order valence-corrected chi connectivity index (χ1v) is 9.77. The van der Waals surface area contributed by atoms with E-state index in [-0.39, 0.29) is 17.9 Å². The molecule has 7 heteroatoms. The number of halogens is 1. The number of rotatable bonds is 6. The number of urea groups is 1. The molecule has 2 aromatic rings. The number of hydrogen-bond donors (Lipinski definition) is 2. The lowest BCUT2D eigenvalue weighted by atomic mass is 10.0. The van der Waals surface area contributed by atoms with E-state index in [1.807, 2.05) is 36.1 Å². The quantitative estimate of drug-likeness (QED) is 0.776. The summed E-state index contributed by atoms with van der Waals surface area (Å²) in [5, 5.41) is 5.87. The van der Waals surface area contributed by atoms with Crippen molar-refractivity contribution in [3.8, 4) is 11.5 Å². The first kappa shape index (κ1) is 20.8. The van der Waals surface area contributed by atoms with Crippen LogP contribution in [0.1, 0.15) is 24.0 Å². The summed E-state index contributed by atoms with van der Waals surface area (Å²) < 4.78 is 24.9. The fourth-order valence-corrected chi connectivity index (χ4v) is 3.68. The fourth-order valence-electron chi connectivity index (χ4n) is 3.68. The van der Waals surface area contributed by atoms with Gasteiger partial charge in [-0.15, -0.1) is 0 Å². The van der Waals surface area contributed by atoms with Gasteiger partial charge in [0.05, 0.1) is 19.9 Å². The van der Waals surface area contributed by atoms with E-state index >= 15 is 0 Å². The first-order valence-electron chi connectivity index (χ1n) is 9.77. The number of nitrogens with one attached hydrogen (secondary N) is 2. The van der Waals surface area contributed by atoms with Gasteiger partial charge in [-0.05, 0) is 43.5 Å². The average Bonchev–Trinajstić information content (AvgIpc) is 2.73. The van der Waals surface area contributed by atoms with Gasteiger partial charge in [-0.1, -0.05) is 18.2 Å². The zero-order valence-electron chi connectivity index (χ0n) is 17.1. The molecule has 0 aliphatic carbocycles. The van der Waals surface area contributed by atoms with Gasteiger partial charge in [0, 0.05) is 31.2 Å². The van der Waals surface area contributed by atoms with Gasteiger partial charge in [-0.2, -0.15) is 0 Å². The number of aryl methyl sites for hydroxylation is 1. The van der Waals surface area contributed by atoms with Gasteiger partial charge >= 0.3 is 6.03 Å². The molecule has 0 saturated carbocycles. The SMILES string of the molecule is COc1cccc(CNC(=O)NC2CCCN(c3cc(C)ccc3F)C2)c1OC. The molecule has 0 spiro atoms. The Labute approximate surface area is 171 Å². The predicted molar refractivity (Wildman–Crippen MR) is 111 cm³/mol. The predicted octanol–water partition coefficient (Wildman–Crippen LogP) is 3.62. The van der Waals surface area contributed by atoms with Crippen LogP contribution >= 0.6 is 0 Å². The molecule has 1 unspecified atom stereocenters. The standard InChI is InChI=1S/C22H28FN3O3/c1-15-9-10-18(23)19(12-15)26-11-5-7-17(14-26)25-22(27)24-13-16-6-4-8-20(28-2)21(16)29-3/h4,6,8-10,12,17H,5,7,11,13-14H2,1-3H3,(H2,24,25,27). The van der Waals surface area contributed by atoms with E-state index in [1.165, 1.54) is 6.07 Å². The fraction of sp³-hybridized carbons (Fsp3) is 0.409. The summed E-state index contributed by atoms with van der Waals surface area (Å²) in [5.74, 6) is 0.996. The number of carbonyl (C=O) groups is 1. The number of piperidine rings is 1. The van der Waals surface area contributed by atoms with Gasteiger partial charge in [0.25, 0.3) is 0 Å². The van der Waals surface area contributed by atoms with Crippen LogP contribution < -0.4 is 25.0 Å². The summed E-state index contributed by atoms with van der Waals surface area (Å²) in [6, 6.07) is 10.4. The zero-order chi connectivity index (χ0) is 20.8. The molecule has 2 amide bonds. The summed E-state index contributed by atoms with van der Waals surface area (Å²) in [7, 11) is 3.15. The third kappa shape index (κ3) is 5.10. The summed E-state index contributed by atoms with van der Waals surface area (Å²) >= 11 is 0. The molecule has 1 aliphatic rings. The molecule has 1 atom stereocenters. The lowest BCUT2D eigenvalue weighted by Crippen LogP contribution is -2.50. The smallest absolute Gasteiger partial charge is 0.315 e. The number of ether oxygens (including phenoxy) is 2. The molecule has 3 rings (SSSR count). The van der Waals surface area contributed by atoms with E-state index < -0.39 is 0 Å². The Kier molecular flexibility index (Phi) is 6.80. The largest absolute Gasteiger partial charge is 0.493 e. The van der Waals surface area contributed by atoms with Crippen molar-refractivity contribution in [2.45, 2.75) is 32.4 Å². The number of carbonyl (C=O) groups excluding carboxylic acids is 1. The van der Waals surface area contributed by atoms with Crippen molar-refractivity contribution >= 4 is 11.7 Å². The van der Waals surface area contributed by atoms with Crippen molar-refractivity contribution in [2.24, 2.45) is 0 Å². The number of para-hydroxylation sites is 1. The lowest BCUT2D eigenvalue weighted by Gasteiger charge is -2.35. The molecule has 2 N–H and O–H groups in total. The molecule has 0 radical (unpaired) electrons. The van der Waals surface area contributed by atoms with E-state index in [2.05, 4.69) is 10.6 Å². The number of benzene rings is 2. The van der Waals surface area contributed by atoms with Crippen molar-refractivity contribution in [3.63, 3.8) is 0 Å². The molecule has 1 saturated heterocycles. The Morgan fingerprint density at radius 3 is 2.83 bits per heavy atom. The second kappa shape index (κ2) is 9.49. The van der Waals surface area contributed by atoms with Crippen molar-refractivity contribution in [1.29, 1.82) is 0 Å². The molecular weight excluding hydrogens is 373 g/mol. The zero-order valence-corrected chi connectivity index (χ0v) is 17.1. The molecule has 0 aromatic heterocycles. The van der Waals surface area contributed by atoms with Crippen LogP contribution in [0.2, 0.25) is 0 Å². The van der Waals surface area contributed by atoms with E-state index in [9.17, 15) is 9.18 Å². The normalized spacial score (nSPS) is 16.3. The van der Waals surface area contributed by atoms with Crippen molar-refractivity contribution in [1.82, 2.24) is 10.6 Å². The summed E-state index contributed by atoms with van der Waals surface area (Å²) in [5.41, 5.74) is 2.44. The maximum Gasteiger partial charge on any atom is 0.315 e. The van der Waals surface area contributed by atoms with Gasteiger partial charge in [-0.25, -0.2) is 9.18 Å². The van der Waals surface area contributed by atoms with Crippen LogP contribution in [0.3, 0.4) is 0 Å². The molecule has 1 fully saturated rings. The Morgan fingerprint density at radius 1 is 1.24 bits per heavy atom. The maximum absolute atomic E-state index is 14.2. The third-order valence-electron chi connectivity index (χ3n) is 5.12. The number of hydrogen-bond acceptors (Lipinski definition) is 4. The van der Waals surface area contributed by atoms with E-state index in [4.69, 9.17) is 9.47 Å². The van der Waals surface area contributed by atoms with Gasteiger partial charge in [0.2, 0.25) is 0 Å². The van der Waals surface area contributed by atoms with Crippen molar-refractivity contribution in [2.75, 3.05) is 32.2 Å². The molecule has 29 heavy (non-hydrogen) atoms. The lowest BCUT2D eigenvalue weighted by molar-refractivity contribution is 0.234. The minimum Gasteiger partial charge on any atom is -0.493 e. The van der Waals surface area contributed by atoms with Crippen LogP contribution in [0.5, 0.6) is 11.5 Å². The highest BCUT2D eigenvalue weighted by molar-refractivity contribution is 5.74. The Morgan fingerprint density at radius 2 is 2.07 bits per heavy atom. The number of nitrogens with zero attached hydrogens (tertiary/aromatic N) is 1. The summed E-state index contributed by atoms with van der Waals surface area (Å²) in [6.07, 6.45) is 1.75. The number of anilines is 1. The Hall–Kier alpha value is -2.96. The molecule has 0 bridgehead atoms. The van der Waals surface area contributed by atoms with Gasteiger partial charge < -0.3 is 25.0 Å². The Bertz CT molecular complexity index is 859. The van der Waals surface area contributed by atoms with Gasteiger partial charge in [0.15, 0.2) is 11.5 Å². The van der Waals surface area contributed by atoms with E-state index in [1.54, 1.807) is 20.3 Å². The Balaban J connectivity index is 1.58. The van der Waals surface area contributed by atoms with Crippen LogP contribution in [0, 0.1) is 12.7 Å². The number of methoxy groups -OCH3 is 2. The second-order valence-corrected chi connectivity index (χ2v) is 7.22. The molecular formula is C22H28FN3O3. The minimum atomic E-state index is -0.258. The monoisotopic (exact) mass is 401 g/mol. The van der Waals surface area contributed by atoms with Crippen molar-refractivity contribution in [3.05, 3.63) is 53.3 Å². The highest BCUT2D eigenvalue weighted by Crippen LogP contribution is 2.30. The molecule has 156 valence electrons. The maximum atomic E-state index is 14.2. The van der Waals surface area contributed by atoms with Gasteiger partial charge in [-0.3, -0.25) is 0 Å². The highest BCUT2D eigenvalue weighted by atomic mass is 19.1. The van der Waals surface area contributed by atoms with Crippen LogP contribution in [-0.4, -0.2) is 39.4 Å². The first-order chi connectivity index (χ1) is 14.0. The molecule has 1 aliphatic heterocycles. The van der Waals surface area contributed by atoms with E-state index in [0.29, 0.717) is 30.3 Å². The van der Waals surface area contributed by atoms with Crippen LogP contribution in [0.4, 0.5) is 14.9 Å². The highest BCUT2D eigenvalue weighted by Gasteiger charge is 2.23. The second-order valence-electron chi connectivity index (χ2n) is 7.22. The third-order valence-corrected chi connectivity index (χ3v) is 5.12. The summed E-state index contributed by atoms with van der Waals surface area (Å²) in [4.78, 5) is 14.4. The van der Waals surface area contributed by atoms with Crippen LogP contribution in [-0.2, 0) is 6.54 Å². The topological polar surface area (TPSA) is 62.8 Å². The number of amides is 2.